The van der Waals surface area contributed by atoms with Crippen LogP contribution in [0.15, 0.2) is 34.7 Å². The molecule has 1 aromatic carbocycles. The Morgan fingerprint density at radius 1 is 1.39 bits per heavy atom. The van der Waals surface area contributed by atoms with Crippen LogP contribution in [0.25, 0.3) is 5.70 Å². The van der Waals surface area contributed by atoms with Gasteiger partial charge in [-0.1, -0.05) is 35.5 Å². The van der Waals surface area contributed by atoms with Gasteiger partial charge in [0.05, 0.1) is 12.1 Å². The molecule has 3 nitrogen and oxygen atoms in total. The Balaban J connectivity index is 1.96. The van der Waals surface area contributed by atoms with Crippen molar-refractivity contribution in [3.05, 3.63) is 40.3 Å². The number of hydrogen-bond acceptors (Lipinski definition) is 3. The van der Waals surface area contributed by atoms with E-state index in [0.717, 1.165) is 17.0 Å². The molecular weight excluding hydrogens is 268 g/mol. The second-order valence-electron chi connectivity index (χ2n) is 4.28. The third-order valence-corrected chi connectivity index (χ3v) is 4.10. The van der Waals surface area contributed by atoms with Gasteiger partial charge in [-0.2, -0.15) is 0 Å². The highest BCUT2D eigenvalue weighted by molar-refractivity contribution is 8.03. The lowest BCUT2D eigenvalue weighted by Crippen LogP contribution is -2.38. The Morgan fingerprint density at radius 2 is 2.11 bits per heavy atom. The summed E-state index contributed by atoms with van der Waals surface area (Å²) in [5.74, 6) is 0.110. The number of halogens is 1. The van der Waals surface area contributed by atoms with Crippen molar-refractivity contribution in [3.63, 3.8) is 0 Å². The van der Waals surface area contributed by atoms with E-state index in [1.807, 2.05) is 36.6 Å². The summed E-state index contributed by atoms with van der Waals surface area (Å²) in [6, 6.07) is 7.52. The summed E-state index contributed by atoms with van der Waals surface area (Å²) in [6.07, 6.45) is 0.405. The van der Waals surface area contributed by atoms with Gasteiger partial charge in [0.2, 0.25) is 5.91 Å². The molecule has 0 radical (unpaired) electrons. The summed E-state index contributed by atoms with van der Waals surface area (Å²) in [5, 5.41) is 2.69. The molecule has 0 saturated carbocycles. The normalized spacial score (nSPS) is 22.7. The van der Waals surface area contributed by atoms with Crippen LogP contribution in [0, 0.1) is 0 Å². The first-order valence-corrected chi connectivity index (χ1v) is 6.94. The molecule has 1 amide bonds. The maximum atomic E-state index is 12.1. The third kappa shape index (κ3) is 1.95. The molecule has 1 atom stereocenters. The summed E-state index contributed by atoms with van der Waals surface area (Å²) in [4.78, 5) is 18.4. The number of fused-ring (bicyclic) bond motifs is 1. The van der Waals surface area contributed by atoms with Gasteiger partial charge in [-0.3, -0.25) is 14.7 Å². The van der Waals surface area contributed by atoms with E-state index in [9.17, 15) is 4.79 Å². The molecule has 2 heterocycles. The molecule has 0 fully saturated rings. The molecule has 1 aromatic rings. The van der Waals surface area contributed by atoms with Crippen LogP contribution >= 0.6 is 23.4 Å². The molecular formula is C13H11ClN2OS. The number of rotatable bonds is 1. The van der Waals surface area contributed by atoms with E-state index in [4.69, 9.17) is 11.6 Å². The molecule has 3 rings (SSSR count). The molecule has 1 unspecified atom stereocenters. The van der Waals surface area contributed by atoms with Gasteiger partial charge < -0.3 is 0 Å². The fourth-order valence-electron chi connectivity index (χ4n) is 2.07. The van der Waals surface area contributed by atoms with Crippen LogP contribution < -0.4 is 0 Å². The fraction of sp³-hybridized carbons (Fsp3) is 0.231. The topological polar surface area (TPSA) is 32.7 Å². The van der Waals surface area contributed by atoms with Crippen LogP contribution in [-0.4, -0.2) is 22.0 Å². The lowest BCUT2D eigenvalue weighted by Gasteiger charge is -2.28. The lowest BCUT2D eigenvalue weighted by molar-refractivity contribution is -0.127. The van der Waals surface area contributed by atoms with Crippen LogP contribution in [0.3, 0.4) is 0 Å². The van der Waals surface area contributed by atoms with E-state index >= 15 is 0 Å². The van der Waals surface area contributed by atoms with Gasteiger partial charge in [-0.05, 0) is 30.0 Å². The highest BCUT2D eigenvalue weighted by atomic mass is 35.5. The Kier molecular flexibility index (Phi) is 2.92. The van der Waals surface area contributed by atoms with Crippen molar-refractivity contribution in [2.45, 2.75) is 18.8 Å². The average molecular weight is 279 g/mol. The SMILES string of the molecule is CC1=NC2SC=C(c3ccc(Cl)cc3)N2C(=O)C1. The first kappa shape index (κ1) is 11.8. The van der Waals surface area contributed by atoms with Crippen molar-refractivity contribution >= 4 is 40.7 Å². The van der Waals surface area contributed by atoms with Gasteiger partial charge in [0, 0.05) is 10.7 Å². The lowest BCUT2D eigenvalue weighted by atomic mass is 10.1. The van der Waals surface area contributed by atoms with E-state index in [0.29, 0.717) is 11.4 Å². The van der Waals surface area contributed by atoms with Gasteiger partial charge in [-0.15, -0.1) is 0 Å². The molecule has 0 bridgehead atoms. The molecule has 0 spiro atoms. The molecule has 5 heteroatoms. The van der Waals surface area contributed by atoms with Crippen LogP contribution in [-0.2, 0) is 4.79 Å². The Bertz CT molecular complexity index is 565. The Hall–Kier alpha value is -1.26. The van der Waals surface area contributed by atoms with E-state index in [-0.39, 0.29) is 11.4 Å². The zero-order chi connectivity index (χ0) is 12.7. The number of hydrogen-bond donors (Lipinski definition) is 0. The minimum Gasteiger partial charge on any atom is -0.279 e. The van der Waals surface area contributed by atoms with Crippen LogP contribution in [0.1, 0.15) is 18.9 Å². The highest BCUT2D eigenvalue weighted by Crippen LogP contribution is 2.39. The Morgan fingerprint density at radius 3 is 2.83 bits per heavy atom. The monoisotopic (exact) mass is 278 g/mol. The maximum Gasteiger partial charge on any atom is 0.235 e. The van der Waals surface area contributed by atoms with Gasteiger partial charge in [-0.25, -0.2) is 0 Å². The summed E-state index contributed by atoms with van der Waals surface area (Å²) in [7, 11) is 0. The second-order valence-corrected chi connectivity index (χ2v) is 5.64. The van der Waals surface area contributed by atoms with E-state index < -0.39 is 0 Å². The third-order valence-electron chi connectivity index (χ3n) is 2.93. The molecule has 0 N–H and O–H groups in total. The largest absolute Gasteiger partial charge is 0.279 e. The van der Waals surface area contributed by atoms with Crippen molar-refractivity contribution in [1.29, 1.82) is 0 Å². The standard InChI is InChI=1S/C13H11ClN2OS/c1-8-6-12(17)16-11(7-18-13(16)15-8)9-2-4-10(14)5-3-9/h2-5,7,13H,6H2,1H3. The predicted octanol–water partition coefficient (Wildman–Crippen LogP) is 3.36. The van der Waals surface area contributed by atoms with Gasteiger partial charge >= 0.3 is 0 Å². The zero-order valence-corrected chi connectivity index (χ0v) is 11.3. The van der Waals surface area contributed by atoms with E-state index in [2.05, 4.69) is 4.99 Å². The van der Waals surface area contributed by atoms with Crippen molar-refractivity contribution < 1.29 is 4.79 Å². The minimum absolute atomic E-state index is 0.110. The Labute approximate surface area is 115 Å². The van der Waals surface area contributed by atoms with E-state index in [1.54, 1.807) is 16.7 Å². The number of nitrogens with zero attached hydrogens (tertiary/aromatic N) is 2. The zero-order valence-electron chi connectivity index (χ0n) is 9.76. The number of thioether (sulfide) groups is 1. The van der Waals surface area contributed by atoms with Crippen molar-refractivity contribution in [1.82, 2.24) is 4.90 Å². The average Bonchev–Trinajstić information content (AvgIpc) is 2.74. The number of carbonyl (C=O) groups is 1. The predicted molar refractivity (Wildman–Crippen MR) is 75.4 cm³/mol. The molecule has 0 aliphatic carbocycles. The summed E-state index contributed by atoms with van der Waals surface area (Å²) < 4.78 is 0. The number of amides is 1. The summed E-state index contributed by atoms with van der Waals surface area (Å²) >= 11 is 7.44. The molecule has 2 aliphatic rings. The smallest absolute Gasteiger partial charge is 0.235 e. The summed E-state index contributed by atoms with van der Waals surface area (Å²) in [6.45, 7) is 1.90. The van der Waals surface area contributed by atoms with Gasteiger partial charge in [0.25, 0.3) is 0 Å². The first-order chi connectivity index (χ1) is 8.65. The molecule has 0 aromatic heterocycles. The van der Waals surface area contributed by atoms with Crippen LogP contribution in [0.4, 0.5) is 0 Å². The molecule has 0 saturated heterocycles. The van der Waals surface area contributed by atoms with E-state index in [1.165, 1.54) is 0 Å². The highest BCUT2D eigenvalue weighted by Gasteiger charge is 2.35. The van der Waals surface area contributed by atoms with Crippen molar-refractivity contribution in [3.8, 4) is 0 Å². The van der Waals surface area contributed by atoms with Gasteiger partial charge in [0.15, 0.2) is 5.50 Å². The second kappa shape index (κ2) is 4.44. The van der Waals surface area contributed by atoms with Crippen LogP contribution in [0.2, 0.25) is 5.02 Å². The molecule has 18 heavy (non-hydrogen) atoms. The minimum atomic E-state index is -0.128. The summed E-state index contributed by atoms with van der Waals surface area (Å²) in [5.41, 5.74) is 2.69. The fourth-order valence-corrected chi connectivity index (χ4v) is 3.29. The quantitative estimate of drug-likeness (QED) is 0.789. The van der Waals surface area contributed by atoms with Crippen LogP contribution in [0.5, 0.6) is 0 Å². The number of carbonyl (C=O) groups excluding carboxylic acids is 1. The maximum absolute atomic E-state index is 12.1. The van der Waals surface area contributed by atoms with Crippen molar-refractivity contribution in [2.24, 2.45) is 4.99 Å². The number of aliphatic imine (C=N–C) groups is 1. The van der Waals surface area contributed by atoms with Crippen molar-refractivity contribution in [2.75, 3.05) is 0 Å². The first-order valence-electron chi connectivity index (χ1n) is 5.62. The van der Waals surface area contributed by atoms with Gasteiger partial charge in [0.1, 0.15) is 0 Å². The molecule has 92 valence electrons. The number of benzene rings is 1. The molecule has 2 aliphatic heterocycles.